The van der Waals surface area contributed by atoms with Crippen molar-refractivity contribution in [2.45, 2.75) is 32.3 Å². The molecule has 2 atom stereocenters. The van der Waals surface area contributed by atoms with Crippen molar-refractivity contribution in [3.8, 4) is 0 Å². The summed E-state index contributed by atoms with van der Waals surface area (Å²) in [5.41, 5.74) is 0.439. The number of rotatable bonds is 3. The second-order valence-electron chi connectivity index (χ2n) is 8.91. The predicted molar refractivity (Wildman–Crippen MR) is 121 cm³/mol. The van der Waals surface area contributed by atoms with E-state index in [4.69, 9.17) is 4.74 Å². The van der Waals surface area contributed by atoms with Gasteiger partial charge in [0.2, 0.25) is 5.91 Å². The highest BCUT2D eigenvalue weighted by molar-refractivity contribution is 5.95. The van der Waals surface area contributed by atoms with Crippen molar-refractivity contribution in [3.63, 3.8) is 0 Å². The number of nitrogens with one attached hydrogen (secondary N) is 1. The summed E-state index contributed by atoms with van der Waals surface area (Å²) < 4.78 is 5.54. The van der Waals surface area contributed by atoms with Gasteiger partial charge < -0.3 is 15.0 Å². The SMILES string of the molecule is CC(C)(C)OC(=O)N1C[C@@H](C(=O)Nc2cc3ccccc3cn2)[C@H](c2ccccc2)C1. The molecular formula is C25H27N3O3. The molecule has 6 heteroatoms. The number of hydrogen-bond donors (Lipinski definition) is 1. The Morgan fingerprint density at radius 1 is 1.00 bits per heavy atom. The Hall–Kier alpha value is -3.41. The first-order valence-electron chi connectivity index (χ1n) is 10.5. The topological polar surface area (TPSA) is 71.5 Å². The fourth-order valence-corrected chi connectivity index (χ4v) is 3.95. The number of likely N-dealkylation sites (tertiary alicyclic amines) is 1. The molecule has 3 aromatic rings. The molecule has 1 aromatic heterocycles. The molecule has 0 aliphatic carbocycles. The number of pyridine rings is 1. The van der Waals surface area contributed by atoms with Gasteiger partial charge in [0, 0.05) is 30.6 Å². The van der Waals surface area contributed by atoms with Crippen LogP contribution in [0.4, 0.5) is 10.6 Å². The van der Waals surface area contributed by atoms with Crippen LogP contribution in [0.5, 0.6) is 0 Å². The molecule has 2 heterocycles. The van der Waals surface area contributed by atoms with E-state index < -0.39 is 17.6 Å². The molecule has 1 saturated heterocycles. The fraction of sp³-hybridized carbons (Fsp3) is 0.320. The Kier molecular flexibility index (Phi) is 5.63. The fourth-order valence-electron chi connectivity index (χ4n) is 3.95. The monoisotopic (exact) mass is 417 g/mol. The molecule has 1 fully saturated rings. The van der Waals surface area contributed by atoms with Crippen LogP contribution in [0.15, 0.2) is 66.9 Å². The second kappa shape index (κ2) is 8.38. The molecule has 31 heavy (non-hydrogen) atoms. The molecule has 4 rings (SSSR count). The normalized spacial score (nSPS) is 18.7. The molecule has 160 valence electrons. The van der Waals surface area contributed by atoms with Gasteiger partial charge in [-0.1, -0.05) is 54.6 Å². The Morgan fingerprint density at radius 2 is 1.68 bits per heavy atom. The number of benzene rings is 2. The van der Waals surface area contributed by atoms with Gasteiger partial charge in [-0.15, -0.1) is 0 Å². The summed E-state index contributed by atoms with van der Waals surface area (Å²) in [5, 5.41) is 4.98. The Morgan fingerprint density at radius 3 is 2.39 bits per heavy atom. The van der Waals surface area contributed by atoms with Crippen molar-refractivity contribution in [2.24, 2.45) is 5.92 Å². The zero-order chi connectivity index (χ0) is 22.0. The summed E-state index contributed by atoms with van der Waals surface area (Å²) in [6, 6.07) is 19.6. The van der Waals surface area contributed by atoms with E-state index in [0.717, 1.165) is 16.3 Å². The van der Waals surface area contributed by atoms with Crippen molar-refractivity contribution < 1.29 is 14.3 Å². The van der Waals surface area contributed by atoms with E-state index in [0.29, 0.717) is 18.9 Å². The first-order valence-corrected chi connectivity index (χ1v) is 10.5. The standard InChI is InChI=1S/C25H27N3O3/c1-25(2,3)31-24(30)28-15-20(17-9-5-4-6-10-17)21(16-28)23(29)27-22-13-18-11-7-8-12-19(18)14-26-22/h4-14,20-21H,15-16H2,1-3H3,(H,26,27,29)/t20-,21+/m0/s1. The maximum atomic E-state index is 13.3. The van der Waals surface area contributed by atoms with E-state index in [-0.39, 0.29) is 11.8 Å². The molecule has 0 bridgehead atoms. The van der Waals surface area contributed by atoms with Gasteiger partial charge in [0.15, 0.2) is 0 Å². The predicted octanol–water partition coefficient (Wildman–Crippen LogP) is 4.82. The van der Waals surface area contributed by atoms with Gasteiger partial charge >= 0.3 is 6.09 Å². The number of ether oxygens (including phenoxy) is 1. The van der Waals surface area contributed by atoms with Gasteiger partial charge in [0.05, 0.1) is 5.92 Å². The number of aromatic nitrogens is 1. The van der Waals surface area contributed by atoms with Gasteiger partial charge in [-0.2, -0.15) is 0 Å². The summed E-state index contributed by atoms with van der Waals surface area (Å²) in [7, 11) is 0. The van der Waals surface area contributed by atoms with Crippen LogP contribution in [0.3, 0.4) is 0 Å². The zero-order valence-corrected chi connectivity index (χ0v) is 18.0. The van der Waals surface area contributed by atoms with E-state index in [2.05, 4.69) is 10.3 Å². The Bertz CT molecular complexity index is 1090. The maximum absolute atomic E-state index is 13.3. The molecule has 1 N–H and O–H groups in total. The molecule has 1 aliphatic heterocycles. The molecule has 2 aromatic carbocycles. The average Bonchev–Trinajstić information content (AvgIpc) is 3.19. The summed E-state index contributed by atoms with van der Waals surface area (Å²) in [4.78, 5) is 31.9. The van der Waals surface area contributed by atoms with Crippen LogP contribution in [0.1, 0.15) is 32.3 Å². The van der Waals surface area contributed by atoms with Gasteiger partial charge in [0.1, 0.15) is 11.4 Å². The quantitative estimate of drug-likeness (QED) is 0.663. The van der Waals surface area contributed by atoms with Crippen molar-refractivity contribution in [1.82, 2.24) is 9.88 Å². The van der Waals surface area contributed by atoms with Crippen LogP contribution in [-0.2, 0) is 9.53 Å². The lowest BCUT2D eigenvalue weighted by atomic mass is 9.88. The van der Waals surface area contributed by atoms with Gasteiger partial charge in [-0.3, -0.25) is 4.79 Å². The third-order valence-electron chi connectivity index (χ3n) is 5.42. The van der Waals surface area contributed by atoms with E-state index in [9.17, 15) is 9.59 Å². The largest absolute Gasteiger partial charge is 0.444 e. The molecule has 0 radical (unpaired) electrons. The van der Waals surface area contributed by atoms with Crippen molar-refractivity contribution >= 4 is 28.6 Å². The molecule has 0 spiro atoms. The molecule has 0 saturated carbocycles. The van der Waals surface area contributed by atoms with Crippen molar-refractivity contribution in [1.29, 1.82) is 0 Å². The van der Waals surface area contributed by atoms with Crippen molar-refractivity contribution in [3.05, 3.63) is 72.4 Å². The number of fused-ring (bicyclic) bond motifs is 1. The lowest BCUT2D eigenvalue weighted by molar-refractivity contribution is -0.119. The number of hydrogen-bond acceptors (Lipinski definition) is 4. The molecule has 1 aliphatic rings. The zero-order valence-electron chi connectivity index (χ0n) is 18.0. The number of anilines is 1. The number of carbonyl (C=O) groups is 2. The minimum atomic E-state index is -0.589. The van der Waals surface area contributed by atoms with E-state index in [1.54, 1.807) is 11.1 Å². The molecule has 0 unspecified atom stereocenters. The van der Waals surface area contributed by atoms with E-state index in [1.807, 2.05) is 81.4 Å². The van der Waals surface area contributed by atoms with Gasteiger partial charge in [-0.05, 0) is 37.8 Å². The number of carbonyl (C=O) groups excluding carboxylic acids is 2. The lowest BCUT2D eigenvalue weighted by Gasteiger charge is -2.24. The molecule has 6 nitrogen and oxygen atoms in total. The first-order chi connectivity index (χ1) is 14.8. The highest BCUT2D eigenvalue weighted by Gasteiger charge is 2.41. The lowest BCUT2D eigenvalue weighted by Crippen LogP contribution is -2.36. The third kappa shape index (κ3) is 4.85. The summed E-state index contributed by atoms with van der Waals surface area (Å²) in [5.74, 6) is -0.161. The second-order valence-corrected chi connectivity index (χ2v) is 8.91. The summed E-state index contributed by atoms with van der Waals surface area (Å²) in [6.45, 7) is 6.25. The van der Waals surface area contributed by atoms with Crippen LogP contribution < -0.4 is 5.32 Å². The minimum absolute atomic E-state index is 0.117. The van der Waals surface area contributed by atoms with Gasteiger partial charge in [-0.25, -0.2) is 9.78 Å². The number of amides is 2. The van der Waals surface area contributed by atoms with E-state index in [1.165, 1.54) is 0 Å². The molecule has 2 amide bonds. The highest BCUT2D eigenvalue weighted by atomic mass is 16.6. The molecular weight excluding hydrogens is 390 g/mol. The van der Waals surface area contributed by atoms with Gasteiger partial charge in [0.25, 0.3) is 0 Å². The van der Waals surface area contributed by atoms with Crippen molar-refractivity contribution in [2.75, 3.05) is 18.4 Å². The maximum Gasteiger partial charge on any atom is 0.410 e. The van der Waals surface area contributed by atoms with Crippen LogP contribution in [0.2, 0.25) is 0 Å². The first kappa shape index (κ1) is 20.8. The Labute approximate surface area is 182 Å². The summed E-state index contributed by atoms with van der Waals surface area (Å²) in [6.07, 6.45) is 1.36. The Balaban J connectivity index is 1.56. The van der Waals surface area contributed by atoms with Crippen LogP contribution in [0.25, 0.3) is 10.8 Å². The average molecular weight is 418 g/mol. The minimum Gasteiger partial charge on any atom is -0.444 e. The third-order valence-corrected chi connectivity index (χ3v) is 5.42. The van der Waals surface area contributed by atoms with Crippen LogP contribution in [-0.4, -0.2) is 40.6 Å². The van der Waals surface area contributed by atoms with E-state index >= 15 is 0 Å². The smallest absolute Gasteiger partial charge is 0.410 e. The number of nitrogens with zero attached hydrogens (tertiary/aromatic N) is 2. The van der Waals surface area contributed by atoms with Crippen LogP contribution >= 0.6 is 0 Å². The highest BCUT2D eigenvalue weighted by Crippen LogP contribution is 2.34. The van der Waals surface area contributed by atoms with Crippen LogP contribution in [0, 0.1) is 5.92 Å². The summed E-state index contributed by atoms with van der Waals surface area (Å²) >= 11 is 0.